The van der Waals surface area contributed by atoms with E-state index in [-0.39, 0.29) is 17.3 Å². The number of aryl methyl sites for hydroxylation is 1. The average Bonchev–Trinajstić information content (AvgIpc) is 3.18. The number of allylic oxidation sites excluding steroid dienone is 1. The molecule has 0 bridgehead atoms. The second-order valence-electron chi connectivity index (χ2n) is 12.4. The van der Waals surface area contributed by atoms with E-state index >= 15 is 0 Å². The van der Waals surface area contributed by atoms with Crippen LogP contribution in [0.5, 0.6) is 5.75 Å². The molecule has 1 fully saturated rings. The van der Waals surface area contributed by atoms with E-state index in [4.69, 9.17) is 21.1 Å². The number of hydrogen-bond donors (Lipinski definition) is 1. The summed E-state index contributed by atoms with van der Waals surface area (Å²) in [6, 6.07) is 13.7. The van der Waals surface area contributed by atoms with E-state index in [0.29, 0.717) is 18.1 Å². The van der Waals surface area contributed by atoms with Crippen molar-refractivity contribution in [1.82, 2.24) is 9.97 Å². The molecule has 1 aliphatic heterocycles. The molecule has 238 valence electrons. The zero-order valence-electron chi connectivity index (χ0n) is 25.5. The van der Waals surface area contributed by atoms with Gasteiger partial charge in [0.15, 0.2) is 5.16 Å². The third kappa shape index (κ3) is 7.37. The Morgan fingerprint density at radius 1 is 1.27 bits per heavy atom. The SMILES string of the molecule is COC(=O)c1ccc2c(c1)N(C[C@@H]1CC[C@H]1[C@H](O)/C=C(\Br)CCCSc1ncccn1)C[C@@]1(CCCc3cc(Cl)ccc31)CO2. The number of methoxy groups -OCH3 is 1. The van der Waals surface area contributed by atoms with Gasteiger partial charge in [-0.3, -0.25) is 0 Å². The van der Waals surface area contributed by atoms with Crippen molar-refractivity contribution in [3.63, 3.8) is 0 Å². The fraction of sp³-hybridized carbons (Fsp3) is 0.457. The van der Waals surface area contributed by atoms with Crippen molar-refractivity contribution in [2.24, 2.45) is 11.8 Å². The molecule has 2 aliphatic carbocycles. The fourth-order valence-electron chi connectivity index (χ4n) is 7.07. The van der Waals surface area contributed by atoms with Gasteiger partial charge in [-0.15, -0.1) is 0 Å². The molecule has 1 aromatic heterocycles. The Labute approximate surface area is 282 Å². The second-order valence-corrected chi connectivity index (χ2v) is 14.9. The van der Waals surface area contributed by atoms with Crippen LogP contribution in [0.3, 0.4) is 0 Å². The van der Waals surface area contributed by atoms with Crippen LogP contribution in [0.2, 0.25) is 5.02 Å². The van der Waals surface area contributed by atoms with Crippen LogP contribution in [0, 0.1) is 11.8 Å². The van der Waals surface area contributed by atoms with Crippen LogP contribution in [-0.2, 0) is 16.6 Å². The minimum atomic E-state index is -0.529. The zero-order valence-corrected chi connectivity index (χ0v) is 28.6. The summed E-state index contributed by atoms with van der Waals surface area (Å²) >= 11 is 11.8. The summed E-state index contributed by atoms with van der Waals surface area (Å²) in [5.41, 5.74) is 3.81. The number of aliphatic hydroxyl groups excluding tert-OH is 1. The first kappa shape index (κ1) is 32.4. The zero-order chi connectivity index (χ0) is 31.4. The molecule has 3 aromatic rings. The maximum absolute atomic E-state index is 12.5. The number of ether oxygens (including phenoxy) is 2. The van der Waals surface area contributed by atoms with E-state index in [1.165, 1.54) is 18.2 Å². The van der Waals surface area contributed by atoms with Gasteiger partial charge in [0, 0.05) is 41.7 Å². The van der Waals surface area contributed by atoms with E-state index in [2.05, 4.69) is 42.9 Å². The summed E-state index contributed by atoms with van der Waals surface area (Å²) in [5, 5.41) is 12.9. The highest BCUT2D eigenvalue weighted by atomic mass is 79.9. The number of thioether (sulfide) groups is 1. The molecule has 45 heavy (non-hydrogen) atoms. The Bertz CT molecular complexity index is 1540. The molecule has 0 saturated heterocycles. The molecule has 2 heterocycles. The lowest BCUT2D eigenvalue weighted by Gasteiger charge is -2.45. The third-order valence-electron chi connectivity index (χ3n) is 9.51. The normalized spacial score (nSPS) is 23.3. The minimum absolute atomic E-state index is 0.162. The van der Waals surface area contributed by atoms with E-state index in [1.54, 1.807) is 30.2 Å². The largest absolute Gasteiger partial charge is 0.490 e. The first-order chi connectivity index (χ1) is 21.8. The minimum Gasteiger partial charge on any atom is -0.490 e. The van der Waals surface area contributed by atoms with Crippen LogP contribution in [0.15, 0.2) is 70.6 Å². The molecular weight excluding hydrogens is 674 g/mol. The molecule has 0 unspecified atom stereocenters. The van der Waals surface area contributed by atoms with Crippen LogP contribution < -0.4 is 9.64 Å². The van der Waals surface area contributed by atoms with Gasteiger partial charge in [0.25, 0.3) is 0 Å². The lowest BCUT2D eigenvalue weighted by atomic mass is 9.68. The molecule has 1 N–H and O–H groups in total. The summed E-state index contributed by atoms with van der Waals surface area (Å²) in [4.78, 5) is 23.5. The Kier molecular flexibility index (Phi) is 10.4. The number of carbonyl (C=O) groups is 1. The number of halogens is 2. The van der Waals surface area contributed by atoms with Crippen LogP contribution >= 0.6 is 39.3 Å². The van der Waals surface area contributed by atoms with Gasteiger partial charge in [-0.05, 0) is 115 Å². The Balaban J connectivity index is 1.19. The molecular formula is C35H39BrClN3O4S. The highest BCUT2D eigenvalue weighted by molar-refractivity contribution is 9.11. The van der Waals surface area contributed by atoms with Crippen molar-refractivity contribution in [2.45, 2.75) is 61.6 Å². The fourth-order valence-corrected chi connectivity index (χ4v) is 8.56. The number of aliphatic hydroxyl groups is 1. The number of fused-ring (bicyclic) bond motifs is 3. The van der Waals surface area contributed by atoms with Crippen LogP contribution in [0.1, 0.15) is 60.0 Å². The van der Waals surface area contributed by atoms with Gasteiger partial charge < -0.3 is 19.5 Å². The van der Waals surface area contributed by atoms with Crippen LogP contribution in [0.25, 0.3) is 0 Å². The molecule has 2 aromatic carbocycles. The van der Waals surface area contributed by atoms with E-state index in [0.717, 1.165) is 89.9 Å². The summed E-state index contributed by atoms with van der Waals surface area (Å²) in [7, 11) is 1.41. The number of anilines is 1. The second kappa shape index (κ2) is 14.4. The first-order valence-electron chi connectivity index (χ1n) is 15.7. The van der Waals surface area contributed by atoms with E-state index < -0.39 is 6.10 Å². The van der Waals surface area contributed by atoms with Crippen molar-refractivity contribution >= 4 is 50.9 Å². The lowest BCUT2D eigenvalue weighted by Crippen LogP contribution is -2.49. The van der Waals surface area contributed by atoms with Gasteiger partial charge in [0.1, 0.15) is 5.75 Å². The smallest absolute Gasteiger partial charge is 0.337 e. The first-order valence-corrected chi connectivity index (χ1v) is 17.8. The number of aromatic nitrogens is 2. The number of rotatable bonds is 10. The molecule has 0 radical (unpaired) electrons. The van der Waals surface area contributed by atoms with Crippen molar-refractivity contribution in [1.29, 1.82) is 0 Å². The highest BCUT2D eigenvalue weighted by Gasteiger charge is 2.44. The Morgan fingerprint density at radius 3 is 2.89 bits per heavy atom. The van der Waals surface area contributed by atoms with Crippen molar-refractivity contribution in [2.75, 3.05) is 37.5 Å². The van der Waals surface area contributed by atoms with Gasteiger partial charge in [-0.1, -0.05) is 45.4 Å². The maximum Gasteiger partial charge on any atom is 0.337 e. The molecule has 1 saturated carbocycles. The molecule has 0 amide bonds. The molecule has 3 aliphatic rings. The summed E-state index contributed by atoms with van der Waals surface area (Å²) in [5.74, 6) is 1.79. The molecule has 7 nitrogen and oxygen atoms in total. The standard InChI is InChI=1S/C35H39BrClN3O4S/c1-43-33(42)24-8-12-32-30(18-24)40(21-35(22-44-32)13-2-5-23-17-27(37)9-11-29(23)35)20-25-7-10-28(25)31(41)19-26(36)6-3-16-45-34-38-14-4-15-39-34/h4,8-9,11-12,14-15,17-19,25,28,31,41H,2-3,5-7,10,13,16,20-22H2,1H3/b26-19-/t25-,28+,31+,35-/m0/s1. The lowest BCUT2D eigenvalue weighted by molar-refractivity contribution is 0.0455. The maximum atomic E-state index is 12.5. The third-order valence-corrected chi connectivity index (χ3v) is 11.4. The predicted octanol–water partition coefficient (Wildman–Crippen LogP) is 7.63. The van der Waals surface area contributed by atoms with Crippen molar-refractivity contribution in [3.8, 4) is 5.75 Å². The predicted molar refractivity (Wildman–Crippen MR) is 183 cm³/mol. The van der Waals surface area contributed by atoms with Gasteiger partial charge in [0.05, 0.1) is 31.1 Å². The monoisotopic (exact) mass is 711 g/mol. The quantitative estimate of drug-likeness (QED) is 0.0995. The molecule has 10 heteroatoms. The number of hydrogen-bond acceptors (Lipinski definition) is 8. The molecule has 1 spiro atoms. The summed E-state index contributed by atoms with van der Waals surface area (Å²) < 4.78 is 12.6. The number of carbonyl (C=O) groups excluding carboxylic acids is 1. The van der Waals surface area contributed by atoms with E-state index in [1.807, 2.05) is 30.3 Å². The molecule has 4 atom stereocenters. The van der Waals surface area contributed by atoms with Gasteiger partial charge >= 0.3 is 5.97 Å². The summed E-state index contributed by atoms with van der Waals surface area (Å²) in [6.45, 7) is 2.09. The van der Waals surface area contributed by atoms with Crippen LogP contribution in [-0.4, -0.2) is 59.7 Å². The average molecular weight is 713 g/mol. The Morgan fingerprint density at radius 2 is 2.11 bits per heavy atom. The van der Waals surface area contributed by atoms with Gasteiger partial charge in [-0.2, -0.15) is 0 Å². The van der Waals surface area contributed by atoms with Gasteiger partial charge in [0.2, 0.25) is 0 Å². The molecule has 6 rings (SSSR count). The Hall–Kier alpha value is -2.59. The van der Waals surface area contributed by atoms with Crippen LogP contribution in [0.4, 0.5) is 5.69 Å². The highest BCUT2D eigenvalue weighted by Crippen LogP contribution is 2.47. The van der Waals surface area contributed by atoms with Crippen molar-refractivity contribution < 1.29 is 19.4 Å². The van der Waals surface area contributed by atoms with E-state index in [9.17, 15) is 9.90 Å². The van der Waals surface area contributed by atoms with Crippen molar-refractivity contribution in [3.05, 3.63) is 87.1 Å². The topological polar surface area (TPSA) is 84.8 Å². The van der Waals surface area contributed by atoms with Gasteiger partial charge in [-0.25, -0.2) is 14.8 Å². The summed E-state index contributed by atoms with van der Waals surface area (Å²) in [6.07, 6.45) is 11.9. The number of esters is 1. The number of benzene rings is 2. The number of nitrogens with zero attached hydrogens (tertiary/aromatic N) is 3.